The number of aromatic nitrogens is 2. The Morgan fingerprint density at radius 1 is 1.29 bits per heavy atom. The number of hydrogen-bond donors (Lipinski definition) is 0. The first-order chi connectivity index (χ1) is 8.15. The molecule has 1 aromatic carbocycles. The maximum atomic E-state index is 11.9. The van der Waals surface area contributed by atoms with Crippen molar-refractivity contribution in [3.63, 3.8) is 0 Å². The third-order valence-corrected chi connectivity index (χ3v) is 3.00. The maximum Gasteiger partial charge on any atom is 0.290 e. The smallest absolute Gasteiger partial charge is 0.290 e. The summed E-state index contributed by atoms with van der Waals surface area (Å²) < 4.78 is 2.77. The van der Waals surface area contributed by atoms with E-state index >= 15 is 0 Å². The second-order valence-corrected chi connectivity index (χ2v) is 4.89. The van der Waals surface area contributed by atoms with Crippen LogP contribution in [0.25, 0.3) is 12.0 Å². The van der Waals surface area contributed by atoms with Crippen molar-refractivity contribution < 1.29 is 9.67 Å². The Morgan fingerprint density at radius 2 is 2.00 bits per heavy atom. The van der Waals surface area contributed by atoms with Crippen LogP contribution in [0.15, 0.2) is 42.9 Å². The van der Waals surface area contributed by atoms with Crippen LogP contribution in [0.1, 0.15) is 11.3 Å². The molecule has 0 fully saturated rings. The largest absolute Gasteiger partial charge is 0.870 e. The average molecular weight is 338 g/mol. The lowest BCUT2D eigenvalue weighted by atomic mass is 10.2. The van der Waals surface area contributed by atoms with E-state index in [1.54, 1.807) is 10.9 Å². The van der Waals surface area contributed by atoms with Gasteiger partial charge in [-0.1, -0.05) is 22.9 Å². The summed E-state index contributed by atoms with van der Waals surface area (Å²) in [5, 5.41) is 11.9. The van der Waals surface area contributed by atoms with E-state index in [2.05, 4.69) is 27.6 Å². The molecule has 0 atom stereocenters. The predicted molar refractivity (Wildman–Crippen MR) is 72.5 cm³/mol. The summed E-state index contributed by atoms with van der Waals surface area (Å²) >= 11 is 2.21. The van der Waals surface area contributed by atoms with Gasteiger partial charge in [0, 0.05) is 16.6 Å². The molecule has 0 amide bonds. The van der Waals surface area contributed by atoms with Crippen molar-refractivity contribution in [3.8, 4) is 0 Å². The zero-order valence-corrected chi connectivity index (χ0v) is 11.5. The first-order valence-electron chi connectivity index (χ1n) is 5.13. The van der Waals surface area contributed by atoms with E-state index in [0.29, 0.717) is 5.56 Å². The van der Waals surface area contributed by atoms with Gasteiger partial charge in [0.2, 0.25) is 0 Å². The van der Waals surface area contributed by atoms with Crippen LogP contribution in [0.3, 0.4) is 0 Å². The summed E-state index contributed by atoms with van der Waals surface area (Å²) in [4.78, 5) is 4.12. The molecule has 0 radical (unpaired) electrons. The van der Waals surface area contributed by atoms with Gasteiger partial charge in [-0.25, -0.2) is 4.57 Å². The first-order valence-corrected chi connectivity index (χ1v) is 6.21. The van der Waals surface area contributed by atoms with Crippen molar-refractivity contribution >= 4 is 34.5 Å². The Morgan fingerprint density at radius 3 is 2.59 bits per heavy atom. The fourth-order valence-electron chi connectivity index (χ4n) is 1.33. The maximum absolute atomic E-state index is 11.9. The van der Waals surface area contributed by atoms with Gasteiger partial charge in [0.1, 0.15) is 0 Å². The molecule has 0 aliphatic rings. The summed E-state index contributed by atoms with van der Waals surface area (Å²) in [6.07, 6.45) is 4.96. The number of aryl methyl sites for hydroxylation is 1. The number of hydrogen-bond acceptors (Lipinski definition) is 2. The molecule has 0 aliphatic heterocycles. The summed E-state index contributed by atoms with van der Waals surface area (Å²) in [5.74, 6) is -0.0305. The van der Waals surface area contributed by atoms with Crippen molar-refractivity contribution in [3.05, 3.63) is 57.7 Å². The van der Waals surface area contributed by atoms with Gasteiger partial charge in [-0.2, -0.15) is 0 Å². The van der Waals surface area contributed by atoms with Crippen molar-refractivity contribution in [2.24, 2.45) is 0 Å². The van der Waals surface area contributed by atoms with Crippen molar-refractivity contribution in [1.29, 1.82) is 0 Å². The fraction of sp³-hybridized carbons (Fsp3) is 0.0769. The Labute approximate surface area is 114 Å². The lowest BCUT2D eigenvalue weighted by Gasteiger charge is -2.10. The highest BCUT2D eigenvalue weighted by atomic mass is 127. The molecule has 2 rings (SSSR count). The highest BCUT2D eigenvalue weighted by Gasteiger charge is 1.97. The quantitative estimate of drug-likeness (QED) is 0.474. The van der Waals surface area contributed by atoms with Crippen LogP contribution >= 0.6 is 22.6 Å². The van der Waals surface area contributed by atoms with Gasteiger partial charge in [-0.05, 0) is 40.3 Å². The lowest BCUT2D eigenvalue weighted by Crippen LogP contribution is -2.27. The van der Waals surface area contributed by atoms with Crippen LogP contribution in [0.4, 0.5) is 0 Å². The molecule has 1 heterocycles. The Bertz CT molecular complexity index is 532. The van der Waals surface area contributed by atoms with Crippen LogP contribution in [0.5, 0.6) is 0 Å². The molecule has 86 valence electrons. The van der Waals surface area contributed by atoms with E-state index < -0.39 is 0 Å². The van der Waals surface area contributed by atoms with Crippen LogP contribution in [0.2, 0.25) is 0 Å². The van der Waals surface area contributed by atoms with Gasteiger partial charge in [-0.15, -0.1) is 0 Å². The van der Waals surface area contributed by atoms with Gasteiger partial charge < -0.3 is 5.11 Å². The summed E-state index contributed by atoms with van der Waals surface area (Å²) in [6.45, 7) is 1.91. The topological polar surface area (TPSA) is 39.8 Å². The summed E-state index contributed by atoms with van der Waals surface area (Å²) in [7, 11) is 0. The molecular formula is C13H11IN2O. The first kappa shape index (κ1) is 12.0. The van der Waals surface area contributed by atoms with Gasteiger partial charge in [0.15, 0.2) is 5.69 Å². The highest BCUT2D eigenvalue weighted by Crippen LogP contribution is 2.11. The highest BCUT2D eigenvalue weighted by molar-refractivity contribution is 14.1. The number of benzene rings is 1. The lowest BCUT2D eigenvalue weighted by molar-refractivity contribution is -0.573. The van der Waals surface area contributed by atoms with Gasteiger partial charge in [-0.3, -0.25) is 0 Å². The average Bonchev–Trinajstić information content (AvgIpc) is 2.33. The van der Waals surface area contributed by atoms with Crippen molar-refractivity contribution in [2.75, 3.05) is 0 Å². The van der Waals surface area contributed by atoms with Gasteiger partial charge >= 0.3 is 0 Å². The second-order valence-electron chi connectivity index (χ2n) is 3.65. The third kappa shape index (κ3) is 3.26. The van der Waals surface area contributed by atoms with E-state index in [1.165, 1.54) is 6.20 Å². The number of nitrogens with zero attached hydrogens (tertiary/aromatic N) is 2. The van der Waals surface area contributed by atoms with Crippen LogP contribution in [0, 0.1) is 10.5 Å². The monoisotopic (exact) mass is 338 g/mol. The van der Waals surface area contributed by atoms with Crippen LogP contribution < -0.4 is 9.67 Å². The standard InChI is InChI=1S/C13H11IN2O/c1-10-6-7-16(9-15-10)8-13(17)11-2-4-12(14)5-3-11/h2-9H,1H3/b13-8+. The third-order valence-electron chi connectivity index (χ3n) is 2.28. The van der Waals surface area contributed by atoms with E-state index in [-0.39, 0.29) is 5.76 Å². The Hall–Kier alpha value is -1.43. The van der Waals surface area contributed by atoms with E-state index in [4.69, 9.17) is 0 Å². The Kier molecular flexibility index (Phi) is 3.73. The molecule has 17 heavy (non-hydrogen) atoms. The predicted octanol–water partition coefficient (Wildman–Crippen LogP) is 1.60. The minimum atomic E-state index is -0.0305. The molecule has 0 spiro atoms. The number of rotatable bonds is 2. The molecule has 2 aromatic rings. The number of halogens is 1. The SMILES string of the molecule is Cc1cc[n+](/C=C(/[O-])c2ccc(I)cc2)cn1. The van der Waals surface area contributed by atoms with Crippen LogP contribution in [-0.2, 0) is 0 Å². The molecular weight excluding hydrogens is 327 g/mol. The minimum absolute atomic E-state index is 0.0305. The second kappa shape index (κ2) is 5.27. The molecule has 0 aliphatic carbocycles. The molecule has 1 aromatic heterocycles. The Balaban J connectivity index is 2.27. The van der Waals surface area contributed by atoms with Crippen LogP contribution in [-0.4, -0.2) is 4.98 Å². The summed E-state index contributed by atoms with van der Waals surface area (Å²) in [5.41, 5.74) is 1.61. The van der Waals surface area contributed by atoms with Crippen molar-refractivity contribution in [2.45, 2.75) is 6.92 Å². The molecule has 0 saturated carbocycles. The normalized spacial score (nSPS) is 11.5. The van der Waals surface area contributed by atoms with Gasteiger partial charge in [0.05, 0.1) is 12.4 Å². The zero-order valence-electron chi connectivity index (χ0n) is 9.30. The molecule has 0 N–H and O–H groups in total. The molecule has 0 unspecified atom stereocenters. The molecule has 3 nitrogen and oxygen atoms in total. The molecule has 4 heteroatoms. The zero-order chi connectivity index (χ0) is 12.3. The minimum Gasteiger partial charge on any atom is -0.870 e. The van der Waals surface area contributed by atoms with E-state index in [0.717, 1.165) is 9.26 Å². The van der Waals surface area contributed by atoms with E-state index in [9.17, 15) is 5.11 Å². The van der Waals surface area contributed by atoms with Crippen molar-refractivity contribution in [1.82, 2.24) is 4.98 Å². The van der Waals surface area contributed by atoms with E-state index in [1.807, 2.05) is 43.5 Å². The van der Waals surface area contributed by atoms with Gasteiger partial charge in [0.25, 0.3) is 6.33 Å². The molecule has 0 saturated heterocycles. The molecule has 0 bridgehead atoms. The fourth-order valence-corrected chi connectivity index (χ4v) is 1.69. The summed E-state index contributed by atoms with van der Waals surface area (Å²) in [6, 6.07) is 9.34.